The molecule has 1 aromatic heterocycles. The van der Waals surface area contributed by atoms with E-state index in [1.807, 2.05) is 24.3 Å². The van der Waals surface area contributed by atoms with Crippen LogP contribution in [-0.4, -0.2) is 30.5 Å². The first kappa shape index (κ1) is 21.8. The molecular formula is C25H32N4O. The maximum Gasteiger partial charge on any atom is 0.251 e. The predicted molar refractivity (Wildman–Crippen MR) is 125 cm³/mol. The standard InChI is InChI=1S/C25H32N4O/c1-3-12-27-24-23-17-22(10-9-21(23)11-15-28-24)25(30)29-14-6-13-26-18-20-8-5-7-19(4-2)16-20/h5,7-11,15-17,26H,3-4,6,12-14,18H2,1-2H3,(H,27,28)(H,29,30). The van der Waals surface area contributed by atoms with Crippen LogP contribution >= 0.6 is 0 Å². The molecule has 0 fully saturated rings. The second-order valence-electron chi connectivity index (χ2n) is 7.48. The summed E-state index contributed by atoms with van der Waals surface area (Å²) in [6, 6.07) is 16.4. The molecule has 1 heterocycles. The van der Waals surface area contributed by atoms with Gasteiger partial charge in [-0.05, 0) is 60.5 Å². The average Bonchev–Trinajstić information content (AvgIpc) is 2.79. The van der Waals surface area contributed by atoms with Gasteiger partial charge in [-0.15, -0.1) is 0 Å². The van der Waals surface area contributed by atoms with E-state index >= 15 is 0 Å². The quantitative estimate of drug-likeness (QED) is 0.411. The van der Waals surface area contributed by atoms with E-state index in [0.29, 0.717) is 12.1 Å². The zero-order valence-corrected chi connectivity index (χ0v) is 18.0. The van der Waals surface area contributed by atoms with Crippen molar-refractivity contribution in [2.45, 2.75) is 39.7 Å². The SMILES string of the molecule is CCCNc1nccc2ccc(C(=O)NCCCNCc3cccc(CC)c3)cc12. The lowest BCUT2D eigenvalue weighted by Gasteiger charge is -2.10. The molecule has 2 aromatic carbocycles. The lowest BCUT2D eigenvalue weighted by molar-refractivity contribution is 0.0953. The molecule has 0 aliphatic rings. The number of carbonyl (C=O) groups is 1. The molecule has 0 saturated heterocycles. The van der Waals surface area contributed by atoms with Gasteiger partial charge in [-0.25, -0.2) is 4.98 Å². The van der Waals surface area contributed by atoms with Gasteiger partial charge in [0.2, 0.25) is 0 Å². The molecule has 0 saturated carbocycles. The molecule has 30 heavy (non-hydrogen) atoms. The molecule has 3 N–H and O–H groups in total. The van der Waals surface area contributed by atoms with Gasteiger partial charge in [0.15, 0.2) is 0 Å². The molecular weight excluding hydrogens is 372 g/mol. The van der Waals surface area contributed by atoms with E-state index in [4.69, 9.17) is 0 Å². The van der Waals surface area contributed by atoms with Gasteiger partial charge in [-0.2, -0.15) is 0 Å². The Morgan fingerprint density at radius 1 is 0.967 bits per heavy atom. The number of benzene rings is 2. The first-order chi connectivity index (χ1) is 14.7. The number of amides is 1. The van der Waals surface area contributed by atoms with Crippen LogP contribution in [0.4, 0.5) is 5.82 Å². The third-order valence-electron chi connectivity index (χ3n) is 5.12. The third kappa shape index (κ3) is 6.04. The van der Waals surface area contributed by atoms with Crippen molar-refractivity contribution in [3.8, 4) is 0 Å². The Labute approximate surface area is 179 Å². The van der Waals surface area contributed by atoms with E-state index in [2.05, 4.69) is 59.0 Å². The fraction of sp³-hybridized carbons (Fsp3) is 0.360. The van der Waals surface area contributed by atoms with E-state index in [1.54, 1.807) is 6.20 Å². The maximum atomic E-state index is 12.6. The molecule has 5 nitrogen and oxygen atoms in total. The van der Waals surface area contributed by atoms with E-state index in [-0.39, 0.29) is 5.91 Å². The zero-order chi connectivity index (χ0) is 21.2. The van der Waals surface area contributed by atoms with Gasteiger partial charge < -0.3 is 16.0 Å². The van der Waals surface area contributed by atoms with E-state index in [0.717, 1.165) is 55.5 Å². The highest BCUT2D eigenvalue weighted by Crippen LogP contribution is 2.22. The van der Waals surface area contributed by atoms with Crippen LogP contribution in [-0.2, 0) is 13.0 Å². The van der Waals surface area contributed by atoms with E-state index in [1.165, 1.54) is 11.1 Å². The van der Waals surface area contributed by atoms with Crippen molar-refractivity contribution < 1.29 is 4.79 Å². The van der Waals surface area contributed by atoms with E-state index < -0.39 is 0 Å². The Hall–Kier alpha value is -2.92. The summed E-state index contributed by atoms with van der Waals surface area (Å²) in [5.74, 6) is 0.790. The van der Waals surface area contributed by atoms with Crippen molar-refractivity contribution in [3.63, 3.8) is 0 Å². The highest BCUT2D eigenvalue weighted by atomic mass is 16.1. The molecule has 3 rings (SSSR count). The number of hydrogen-bond donors (Lipinski definition) is 3. The highest BCUT2D eigenvalue weighted by Gasteiger charge is 2.08. The van der Waals surface area contributed by atoms with Crippen molar-refractivity contribution in [1.82, 2.24) is 15.6 Å². The molecule has 3 aromatic rings. The van der Waals surface area contributed by atoms with Crippen molar-refractivity contribution in [2.75, 3.05) is 25.0 Å². The summed E-state index contributed by atoms with van der Waals surface area (Å²) < 4.78 is 0. The summed E-state index contributed by atoms with van der Waals surface area (Å²) in [6.07, 6.45) is 4.76. The zero-order valence-electron chi connectivity index (χ0n) is 18.0. The lowest BCUT2D eigenvalue weighted by atomic mass is 10.1. The summed E-state index contributed by atoms with van der Waals surface area (Å²) in [5.41, 5.74) is 3.33. The number of nitrogens with one attached hydrogen (secondary N) is 3. The molecule has 5 heteroatoms. The third-order valence-corrected chi connectivity index (χ3v) is 5.12. The van der Waals surface area contributed by atoms with Gasteiger partial charge in [-0.3, -0.25) is 4.79 Å². The van der Waals surface area contributed by atoms with Gasteiger partial charge in [0.05, 0.1) is 0 Å². The minimum atomic E-state index is -0.0437. The smallest absolute Gasteiger partial charge is 0.251 e. The van der Waals surface area contributed by atoms with Crippen LogP contribution in [0.3, 0.4) is 0 Å². The lowest BCUT2D eigenvalue weighted by Crippen LogP contribution is -2.27. The summed E-state index contributed by atoms with van der Waals surface area (Å²) in [6.45, 7) is 7.51. The van der Waals surface area contributed by atoms with Crippen molar-refractivity contribution in [1.29, 1.82) is 0 Å². The number of fused-ring (bicyclic) bond motifs is 1. The minimum absolute atomic E-state index is 0.0437. The highest BCUT2D eigenvalue weighted by molar-refractivity contribution is 6.01. The molecule has 0 aliphatic heterocycles. The molecule has 158 valence electrons. The number of aryl methyl sites for hydroxylation is 1. The summed E-state index contributed by atoms with van der Waals surface area (Å²) in [7, 11) is 0. The Morgan fingerprint density at radius 3 is 2.67 bits per heavy atom. The first-order valence-corrected chi connectivity index (χ1v) is 10.9. The predicted octanol–water partition coefficient (Wildman–Crippen LogP) is 4.53. The van der Waals surface area contributed by atoms with Gasteiger partial charge >= 0.3 is 0 Å². The molecule has 0 aliphatic carbocycles. The largest absolute Gasteiger partial charge is 0.370 e. The van der Waals surface area contributed by atoms with Gasteiger partial charge in [0.25, 0.3) is 5.91 Å². The topological polar surface area (TPSA) is 66.0 Å². The Kier molecular flexibility index (Phi) is 8.21. The Balaban J connectivity index is 1.47. The van der Waals surface area contributed by atoms with Crippen molar-refractivity contribution >= 4 is 22.5 Å². The molecule has 0 atom stereocenters. The van der Waals surface area contributed by atoms with Crippen molar-refractivity contribution in [3.05, 3.63) is 71.4 Å². The fourth-order valence-electron chi connectivity index (χ4n) is 3.40. The van der Waals surface area contributed by atoms with Crippen LogP contribution in [0, 0.1) is 0 Å². The number of pyridine rings is 1. The average molecular weight is 405 g/mol. The van der Waals surface area contributed by atoms with Crippen LogP contribution < -0.4 is 16.0 Å². The first-order valence-electron chi connectivity index (χ1n) is 10.9. The number of carbonyl (C=O) groups excluding carboxylic acids is 1. The molecule has 0 unspecified atom stereocenters. The number of hydrogen-bond acceptors (Lipinski definition) is 4. The molecule has 1 amide bonds. The summed E-state index contributed by atoms with van der Waals surface area (Å²) in [5, 5.41) is 11.9. The van der Waals surface area contributed by atoms with Gasteiger partial charge in [0, 0.05) is 36.8 Å². The summed E-state index contributed by atoms with van der Waals surface area (Å²) in [4.78, 5) is 17.0. The second kappa shape index (κ2) is 11.3. The molecule has 0 bridgehead atoms. The number of rotatable bonds is 11. The van der Waals surface area contributed by atoms with Crippen LogP contribution in [0.15, 0.2) is 54.7 Å². The minimum Gasteiger partial charge on any atom is -0.370 e. The number of anilines is 1. The molecule has 0 spiro atoms. The normalized spacial score (nSPS) is 10.9. The van der Waals surface area contributed by atoms with Gasteiger partial charge in [0.1, 0.15) is 5.82 Å². The Bertz CT molecular complexity index is 970. The van der Waals surface area contributed by atoms with E-state index in [9.17, 15) is 4.79 Å². The van der Waals surface area contributed by atoms with Crippen LogP contribution in [0.25, 0.3) is 10.8 Å². The van der Waals surface area contributed by atoms with Crippen LogP contribution in [0.1, 0.15) is 48.2 Å². The monoisotopic (exact) mass is 404 g/mol. The van der Waals surface area contributed by atoms with Gasteiger partial charge in [-0.1, -0.05) is 44.2 Å². The molecule has 0 radical (unpaired) electrons. The number of aromatic nitrogens is 1. The maximum absolute atomic E-state index is 12.6. The fourth-order valence-corrected chi connectivity index (χ4v) is 3.40. The summed E-state index contributed by atoms with van der Waals surface area (Å²) >= 11 is 0. The Morgan fingerprint density at radius 2 is 1.83 bits per heavy atom. The number of nitrogens with zero attached hydrogens (tertiary/aromatic N) is 1. The second-order valence-corrected chi connectivity index (χ2v) is 7.48. The van der Waals surface area contributed by atoms with Crippen molar-refractivity contribution in [2.24, 2.45) is 0 Å². The van der Waals surface area contributed by atoms with Crippen LogP contribution in [0.2, 0.25) is 0 Å². The van der Waals surface area contributed by atoms with Crippen LogP contribution in [0.5, 0.6) is 0 Å².